The van der Waals surface area contributed by atoms with Gasteiger partial charge in [0.15, 0.2) is 0 Å². The van der Waals surface area contributed by atoms with Gasteiger partial charge in [-0.1, -0.05) is 18.2 Å². The van der Waals surface area contributed by atoms with Crippen LogP contribution in [-0.4, -0.2) is 14.5 Å². The van der Waals surface area contributed by atoms with Crippen LogP contribution in [-0.2, 0) is 0 Å². The smallest absolute Gasteiger partial charge is 0.258 e. The highest BCUT2D eigenvalue weighted by Gasteiger charge is 2.21. The fourth-order valence-corrected chi connectivity index (χ4v) is 1.71. The lowest BCUT2D eigenvalue weighted by Gasteiger charge is -2.21. The molecule has 0 aliphatic carbocycles. The number of nitrogens with two attached hydrogens (primary N) is 1. The molecule has 0 saturated carbocycles. The average molecular weight is 181 g/mol. The van der Waals surface area contributed by atoms with Crippen molar-refractivity contribution in [3.63, 3.8) is 0 Å². The zero-order valence-corrected chi connectivity index (χ0v) is 8.58. The molecule has 0 radical (unpaired) electrons. The van der Waals surface area contributed by atoms with E-state index in [0.29, 0.717) is 6.17 Å². The van der Waals surface area contributed by atoms with Crippen LogP contribution in [0.1, 0.15) is 0 Å². The Bertz CT molecular complexity index is 236. The average Bonchev–Trinajstić information content (AvgIpc) is 2.06. The van der Waals surface area contributed by atoms with Crippen LogP contribution in [0.15, 0.2) is 30.3 Å². The lowest BCUT2D eigenvalue weighted by atomic mass is 10.3. The van der Waals surface area contributed by atoms with Crippen molar-refractivity contribution in [1.29, 1.82) is 0 Å². The second-order valence-electron chi connectivity index (χ2n) is 3.38. The summed E-state index contributed by atoms with van der Waals surface area (Å²) in [6.07, 6.45) is 0.655. The normalized spacial score (nSPS) is 11.2. The molecule has 0 aliphatic heterocycles. The predicted molar refractivity (Wildman–Crippen MR) is 53.6 cm³/mol. The van der Waals surface area contributed by atoms with Gasteiger partial charge < -0.3 is 10.2 Å². The van der Waals surface area contributed by atoms with Gasteiger partial charge in [-0.25, -0.2) is 0 Å². The zero-order valence-electron chi connectivity index (χ0n) is 7.58. The van der Waals surface area contributed by atoms with Gasteiger partial charge in [0.1, 0.15) is 5.75 Å². The summed E-state index contributed by atoms with van der Waals surface area (Å²) >= 11 is 0. The fraction of sp³-hybridized carbons (Fsp3) is 0.333. The standard InChI is InChI=1S/C9H15NOSi/c1-12(2,8-10)11-9-6-4-3-5-7-9/h3-7H,8,10H2,1-2H3. The first kappa shape index (κ1) is 9.29. The third kappa shape index (κ3) is 2.68. The molecule has 0 unspecified atom stereocenters. The van der Waals surface area contributed by atoms with Crippen molar-refractivity contribution < 1.29 is 4.43 Å². The molecule has 0 saturated heterocycles. The maximum absolute atomic E-state index is 5.76. The largest absolute Gasteiger partial charge is 0.543 e. The minimum Gasteiger partial charge on any atom is -0.543 e. The van der Waals surface area contributed by atoms with Crippen molar-refractivity contribution in [1.82, 2.24) is 0 Å². The van der Waals surface area contributed by atoms with E-state index in [9.17, 15) is 0 Å². The van der Waals surface area contributed by atoms with Crippen LogP contribution in [0.4, 0.5) is 0 Å². The molecule has 0 amide bonds. The molecule has 0 spiro atoms. The molecule has 3 heteroatoms. The Morgan fingerprint density at radius 3 is 2.33 bits per heavy atom. The van der Waals surface area contributed by atoms with Gasteiger partial charge in [0, 0.05) is 6.17 Å². The van der Waals surface area contributed by atoms with Crippen molar-refractivity contribution in [2.24, 2.45) is 5.73 Å². The molecule has 1 aromatic carbocycles. The number of hydrogen-bond donors (Lipinski definition) is 1. The van der Waals surface area contributed by atoms with Gasteiger partial charge in [-0.05, 0) is 25.2 Å². The van der Waals surface area contributed by atoms with E-state index in [1.54, 1.807) is 0 Å². The highest BCUT2D eigenvalue weighted by atomic mass is 28.4. The van der Waals surface area contributed by atoms with Crippen LogP contribution < -0.4 is 10.2 Å². The molecule has 2 N–H and O–H groups in total. The molecule has 0 heterocycles. The van der Waals surface area contributed by atoms with E-state index in [0.717, 1.165) is 5.75 Å². The molecule has 66 valence electrons. The molecule has 0 aliphatic rings. The maximum atomic E-state index is 5.76. The summed E-state index contributed by atoms with van der Waals surface area (Å²) in [5.74, 6) is 0.930. The number of rotatable bonds is 3. The predicted octanol–water partition coefficient (Wildman–Crippen LogP) is 1.77. The molecule has 12 heavy (non-hydrogen) atoms. The molecule has 0 atom stereocenters. The van der Waals surface area contributed by atoms with Crippen molar-refractivity contribution in [2.75, 3.05) is 6.17 Å². The first-order chi connectivity index (χ1) is 5.64. The molecule has 2 nitrogen and oxygen atoms in total. The lowest BCUT2D eigenvalue weighted by molar-refractivity contribution is 0.549. The van der Waals surface area contributed by atoms with Crippen LogP contribution >= 0.6 is 0 Å². The summed E-state index contributed by atoms with van der Waals surface area (Å²) in [6, 6.07) is 9.84. The van der Waals surface area contributed by atoms with Gasteiger partial charge in [0.25, 0.3) is 8.32 Å². The lowest BCUT2D eigenvalue weighted by Crippen LogP contribution is -2.43. The highest BCUT2D eigenvalue weighted by Crippen LogP contribution is 2.13. The van der Waals surface area contributed by atoms with Gasteiger partial charge in [0.2, 0.25) is 0 Å². The van der Waals surface area contributed by atoms with Crippen LogP contribution in [0, 0.1) is 0 Å². The van der Waals surface area contributed by atoms with E-state index in [2.05, 4.69) is 13.1 Å². The van der Waals surface area contributed by atoms with Crippen LogP contribution in [0.5, 0.6) is 5.75 Å². The monoisotopic (exact) mass is 181 g/mol. The topological polar surface area (TPSA) is 35.2 Å². The Morgan fingerprint density at radius 1 is 1.25 bits per heavy atom. The summed E-state index contributed by atoms with van der Waals surface area (Å²) < 4.78 is 5.76. The van der Waals surface area contributed by atoms with E-state index in [-0.39, 0.29) is 0 Å². The van der Waals surface area contributed by atoms with Crippen molar-refractivity contribution in [3.8, 4) is 5.75 Å². The van der Waals surface area contributed by atoms with E-state index in [1.807, 2.05) is 30.3 Å². The fourth-order valence-electron chi connectivity index (χ4n) is 0.849. The molecule has 0 aromatic heterocycles. The van der Waals surface area contributed by atoms with Gasteiger partial charge >= 0.3 is 0 Å². The molecule has 0 bridgehead atoms. The third-order valence-corrected chi connectivity index (χ3v) is 3.40. The van der Waals surface area contributed by atoms with E-state index in [4.69, 9.17) is 10.2 Å². The summed E-state index contributed by atoms with van der Waals surface area (Å²) in [6.45, 7) is 4.22. The molecule has 0 fully saturated rings. The number of hydrogen-bond acceptors (Lipinski definition) is 2. The van der Waals surface area contributed by atoms with Crippen LogP contribution in [0.3, 0.4) is 0 Å². The van der Waals surface area contributed by atoms with E-state index in [1.165, 1.54) is 0 Å². The van der Waals surface area contributed by atoms with Gasteiger partial charge in [-0.2, -0.15) is 0 Å². The number of para-hydroxylation sites is 1. The zero-order chi connectivity index (χ0) is 9.03. The molecular weight excluding hydrogens is 166 g/mol. The number of benzene rings is 1. The SMILES string of the molecule is C[Si](C)(CN)Oc1ccccc1. The van der Waals surface area contributed by atoms with E-state index >= 15 is 0 Å². The third-order valence-electron chi connectivity index (χ3n) is 1.63. The minimum atomic E-state index is -1.64. The quantitative estimate of drug-likeness (QED) is 0.721. The molecular formula is C9H15NOSi. The van der Waals surface area contributed by atoms with E-state index < -0.39 is 8.32 Å². The molecule has 1 rings (SSSR count). The first-order valence-electron chi connectivity index (χ1n) is 4.08. The second kappa shape index (κ2) is 3.73. The van der Waals surface area contributed by atoms with Crippen LogP contribution in [0.25, 0.3) is 0 Å². The Hall–Kier alpha value is -0.803. The summed E-state index contributed by atoms with van der Waals surface area (Å²) in [5, 5.41) is 0. The summed E-state index contributed by atoms with van der Waals surface area (Å²) in [4.78, 5) is 0. The highest BCUT2D eigenvalue weighted by molar-refractivity contribution is 6.72. The van der Waals surface area contributed by atoms with Crippen molar-refractivity contribution >= 4 is 8.32 Å². The maximum Gasteiger partial charge on any atom is 0.258 e. The Balaban J connectivity index is 2.64. The Kier molecular flexibility index (Phi) is 2.89. The van der Waals surface area contributed by atoms with Crippen LogP contribution in [0.2, 0.25) is 13.1 Å². The van der Waals surface area contributed by atoms with Gasteiger partial charge in [-0.15, -0.1) is 0 Å². The second-order valence-corrected chi connectivity index (χ2v) is 7.51. The Morgan fingerprint density at radius 2 is 1.83 bits per heavy atom. The van der Waals surface area contributed by atoms with Gasteiger partial charge in [0.05, 0.1) is 0 Å². The minimum absolute atomic E-state index is 0.655. The van der Waals surface area contributed by atoms with Crippen molar-refractivity contribution in [2.45, 2.75) is 13.1 Å². The summed E-state index contributed by atoms with van der Waals surface area (Å²) in [5.41, 5.74) is 5.59. The Labute approximate surface area is 74.5 Å². The first-order valence-corrected chi connectivity index (χ1v) is 7.20. The van der Waals surface area contributed by atoms with Crippen molar-refractivity contribution in [3.05, 3.63) is 30.3 Å². The van der Waals surface area contributed by atoms with Gasteiger partial charge in [-0.3, -0.25) is 0 Å². The summed E-state index contributed by atoms with van der Waals surface area (Å²) in [7, 11) is -1.64. The molecule has 1 aromatic rings.